The van der Waals surface area contributed by atoms with Crippen molar-refractivity contribution < 1.29 is 9.84 Å². The quantitative estimate of drug-likeness (QED) is 0.940. The number of β-amino-alcohol motifs (C(OH)–C–C–N with tert-alkyl or cyclic N) is 1. The van der Waals surface area contributed by atoms with Crippen molar-refractivity contribution in [2.45, 2.75) is 26.5 Å². The highest BCUT2D eigenvalue weighted by atomic mass is 35.5. The molecule has 22 heavy (non-hydrogen) atoms. The number of morpholine rings is 1. The zero-order valence-electron chi connectivity index (χ0n) is 13.2. The molecule has 0 saturated carbocycles. The Balaban J connectivity index is 1.82. The molecule has 3 rings (SSSR count). The zero-order valence-corrected chi connectivity index (χ0v) is 13.9. The van der Waals surface area contributed by atoms with Crippen LogP contribution in [0.25, 0.3) is 10.9 Å². The second-order valence-electron chi connectivity index (χ2n) is 6.02. The van der Waals surface area contributed by atoms with Crippen molar-refractivity contribution in [3.05, 3.63) is 34.5 Å². The molecule has 1 saturated heterocycles. The molecule has 120 valence electrons. The molecule has 1 aliphatic rings. The summed E-state index contributed by atoms with van der Waals surface area (Å²) < 4.78 is 7.50. The molecule has 1 N–H and O–H groups in total. The van der Waals surface area contributed by atoms with E-state index in [0.717, 1.165) is 36.8 Å². The number of nitrogens with zero attached hydrogens (tertiary/aromatic N) is 2. The van der Waals surface area contributed by atoms with Crippen LogP contribution in [-0.4, -0.2) is 53.5 Å². The third-order valence-electron chi connectivity index (χ3n) is 4.57. The van der Waals surface area contributed by atoms with Gasteiger partial charge in [0.15, 0.2) is 0 Å². The number of halogens is 1. The molecule has 2 aromatic rings. The Morgan fingerprint density at radius 1 is 1.23 bits per heavy atom. The standard InChI is InChI=1S/C17H23ClN2O2/c1-12-13(2)20(17-15(12)4-3-5-16(17)18)11-14(21)10-19-6-8-22-9-7-19/h3-5,14,21H,6-11H2,1-2H3/t14-/m0/s1. The van der Waals surface area contributed by atoms with E-state index in [0.29, 0.717) is 13.1 Å². The lowest BCUT2D eigenvalue weighted by atomic mass is 10.2. The maximum absolute atomic E-state index is 10.5. The third kappa shape index (κ3) is 3.01. The Bertz CT molecular complexity index is 662. The van der Waals surface area contributed by atoms with Gasteiger partial charge in [0.05, 0.1) is 36.4 Å². The first kappa shape index (κ1) is 15.8. The minimum absolute atomic E-state index is 0.414. The van der Waals surface area contributed by atoms with Gasteiger partial charge in [-0.05, 0) is 25.5 Å². The highest BCUT2D eigenvalue weighted by Gasteiger charge is 2.19. The van der Waals surface area contributed by atoms with E-state index in [2.05, 4.69) is 29.4 Å². The van der Waals surface area contributed by atoms with Crippen LogP contribution in [0.3, 0.4) is 0 Å². The molecule has 0 unspecified atom stereocenters. The summed E-state index contributed by atoms with van der Waals surface area (Å²) in [5, 5.41) is 12.4. The number of para-hydroxylation sites is 1. The molecule has 0 amide bonds. The van der Waals surface area contributed by atoms with Crippen LogP contribution >= 0.6 is 11.6 Å². The molecule has 5 heteroatoms. The van der Waals surface area contributed by atoms with Gasteiger partial charge in [-0.1, -0.05) is 23.7 Å². The van der Waals surface area contributed by atoms with Gasteiger partial charge in [-0.2, -0.15) is 0 Å². The van der Waals surface area contributed by atoms with Gasteiger partial charge >= 0.3 is 0 Å². The second-order valence-corrected chi connectivity index (χ2v) is 6.43. The van der Waals surface area contributed by atoms with Gasteiger partial charge in [0.1, 0.15) is 0 Å². The Labute approximate surface area is 136 Å². The Morgan fingerprint density at radius 3 is 2.68 bits per heavy atom. The Kier molecular flexibility index (Phi) is 4.73. The average molecular weight is 323 g/mol. The summed E-state index contributed by atoms with van der Waals surface area (Å²) in [6.07, 6.45) is -0.414. The van der Waals surface area contributed by atoms with Crippen molar-refractivity contribution in [2.24, 2.45) is 0 Å². The molecule has 1 aromatic carbocycles. The summed E-state index contributed by atoms with van der Waals surface area (Å²) in [4.78, 5) is 2.25. The highest BCUT2D eigenvalue weighted by Crippen LogP contribution is 2.30. The molecule has 4 nitrogen and oxygen atoms in total. The summed E-state index contributed by atoms with van der Waals surface area (Å²) in [6, 6.07) is 5.98. The fourth-order valence-electron chi connectivity index (χ4n) is 3.24. The number of fused-ring (bicyclic) bond motifs is 1. The maximum Gasteiger partial charge on any atom is 0.0845 e. The number of aliphatic hydroxyl groups excluding tert-OH is 1. The smallest absolute Gasteiger partial charge is 0.0845 e. The molecule has 0 aliphatic carbocycles. The topological polar surface area (TPSA) is 37.6 Å². The van der Waals surface area contributed by atoms with E-state index in [1.807, 2.05) is 12.1 Å². The number of hydrogen-bond donors (Lipinski definition) is 1. The first-order valence-electron chi connectivity index (χ1n) is 7.80. The van der Waals surface area contributed by atoms with Gasteiger partial charge in [-0.25, -0.2) is 0 Å². The third-order valence-corrected chi connectivity index (χ3v) is 4.88. The number of benzene rings is 1. The highest BCUT2D eigenvalue weighted by molar-refractivity contribution is 6.35. The summed E-state index contributed by atoms with van der Waals surface area (Å²) in [5.74, 6) is 0. The van der Waals surface area contributed by atoms with Crippen LogP contribution in [0, 0.1) is 13.8 Å². The van der Waals surface area contributed by atoms with E-state index < -0.39 is 6.10 Å². The normalized spacial score (nSPS) is 18.0. The first-order chi connectivity index (χ1) is 10.6. The van der Waals surface area contributed by atoms with Gasteiger partial charge in [0, 0.05) is 30.7 Å². The van der Waals surface area contributed by atoms with Gasteiger partial charge in [0.25, 0.3) is 0 Å². The molecule has 0 radical (unpaired) electrons. The summed E-state index contributed by atoms with van der Waals surface area (Å²) in [5.41, 5.74) is 3.43. The molecule has 2 heterocycles. The minimum Gasteiger partial charge on any atom is -0.390 e. The molecule has 1 aliphatic heterocycles. The van der Waals surface area contributed by atoms with E-state index in [4.69, 9.17) is 16.3 Å². The molecule has 1 aromatic heterocycles. The fraction of sp³-hybridized carbons (Fsp3) is 0.529. The van der Waals surface area contributed by atoms with Gasteiger partial charge in [-0.15, -0.1) is 0 Å². The number of ether oxygens (including phenoxy) is 1. The number of aromatic nitrogens is 1. The van der Waals surface area contributed by atoms with Crippen molar-refractivity contribution in [1.29, 1.82) is 0 Å². The molecular weight excluding hydrogens is 300 g/mol. The first-order valence-corrected chi connectivity index (χ1v) is 8.18. The maximum atomic E-state index is 10.5. The number of aliphatic hydroxyl groups is 1. The van der Waals surface area contributed by atoms with E-state index in [9.17, 15) is 5.11 Å². The number of rotatable bonds is 4. The van der Waals surface area contributed by atoms with E-state index in [-0.39, 0.29) is 0 Å². The molecule has 0 spiro atoms. The van der Waals surface area contributed by atoms with Crippen LogP contribution in [0.1, 0.15) is 11.3 Å². The second kappa shape index (κ2) is 6.59. The summed E-state index contributed by atoms with van der Waals surface area (Å²) in [7, 11) is 0. The lowest BCUT2D eigenvalue weighted by Crippen LogP contribution is -2.42. The summed E-state index contributed by atoms with van der Waals surface area (Å²) >= 11 is 6.39. The predicted molar refractivity (Wildman–Crippen MR) is 89.7 cm³/mol. The van der Waals surface area contributed by atoms with Crippen LogP contribution in [0.5, 0.6) is 0 Å². The van der Waals surface area contributed by atoms with Crippen LogP contribution in [0.2, 0.25) is 5.02 Å². The predicted octanol–water partition coefficient (Wildman–Crippen LogP) is 2.60. The van der Waals surface area contributed by atoms with Crippen molar-refractivity contribution in [2.75, 3.05) is 32.8 Å². The average Bonchev–Trinajstić information content (AvgIpc) is 2.75. The van der Waals surface area contributed by atoms with Crippen LogP contribution in [-0.2, 0) is 11.3 Å². The molecule has 1 atom stereocenters. The van der Waals surface area contributed by atoms with Gasteiger partial charge in [0.2, 0.25) is 0 Å². The van der Waals surface area contributed by atoms with Crippen LogP contribution in [0.15, 0.2) is 18.2 Å². The number of aryl methyl sites for hydroxylation is 1. The largest absolute Gasteiger partial charge is 0.390 e. The van der Waals surface area contributed by atoms with Crippen molar-refractivity contribution in [3.8, 4) is 0 Å². The summed E-state index contributed by atoms with van der Waals surface area (Å²) in [6.45, 7) is 8.73. The number of hydrogen-bond acceptors (Lipinski definition) is 3. The van der Waals surface area contributed by atoms with Crippen LogP contribution < -0.4 is 0 Å². The minimum atomic E-state index is -0.414. The Morgan fingerprint density at radius 2 is 1.95 bits per heavy atom. The fourth-order valence-corrected chi connectivity index (χ4v) is 3.51. The van der Waals surface area contributed by atoms with Crippen LogP contribution in [0.4, 0.5) is 0 Å². The zero-order chi connectivity index (χ0) is 15.7. The van der Waals surface area contributed by atoms with E-state index >= 15 is 0 Å². The van der Waals surface area contributed by atoms with Crippen molar-refractivity contribution >= 4 is 22.5 Å². The lowest BCUT2D eigenvalue weighted by molar-refractivity contribution is 0.0116. The van der Waals surface area contributed by atoms with Gasteiger partial charge in [-0.3, -0.25) is 4.90 Å². The van der Waals surface area contributed by atoms with E-state index in [1.54, 1.807) is 0 Å². The molecule has 1 fully saturated rings. The monoisotopic (exact) mass is 322 g/mol. The van der Waals surface area contributed by atoms with Crippen molar-refractivity contribution in [3.63, 3.8) is 0 Å². The lowest BCUT2D eigenvalue weighted by Gasteiger charge is -2.29. The molecule has 0 bridgehead atoms. The van der Waals surface area contributed by atoms with E-state index in [1.165, 1.54) is 16.6 Å². The van der Waals surface area contributed by atoms with Gasteiger partial charge < -0.3 is 14.4 Å². The Hall–Kier alpha value is -1.07. The SMILES string of the molecule is Cc1c(C)n(C[C@@H](O)CN2CCOCC2)c2c(Cl)cccc12. The van der Waals surface area contributed by atoms with Crippen molar-refractivity contribution in [1.82, 2.24) is 9.47 Å². The molecular formula is C17H23ClN2O2.